The molecule has 0 aliphatic heterocycles. The molecule has 0 amide bonds. The molecule has 0 radical (unpaired) electrons. The molecule has 7 aliphatic rings. The Hall–Kier alpha value is 0. The molecule has 0 saturated heterocycles. The molecule has 0 spiro atoms. The molecule has 7 aliphatic carbocycles. The van der Waals surface area contributed by atoms with Crippen LogP contribution < -0.4 is 0 Å². The molecular weight excluding hydrogens is 288 g/mol. The van der Waals surface area contributed by atoms with Gasteiger partial charge in [-0.25, -0.2) is 0 Å². The third-order valence-electron chi connectivity index (χ3n) is 9.52. The van der Waals surface area contributed by atoms with Crippen LogP contribution in [0.3, 0.4) is 0 Å². The van der Waals surface area contributed by atoms with E-state index in [1.165, 1.54) is 71.0 Å². The molecular formula is C24H36. The molecule has 7 rings (SSSR count). The van der Waals surface area contributed by atoms with Crippen LogP contribution in [-0.2, 0) is 0 Å². The molecule has 0 aromatic rings. The van der Waals surface area contributed by atoms with Crippen LogP contribution in [0.1, 0.15) is 77.0 Å². The van der Waals surface area contributed by atoms with E-state index >= 15 is 0 Å². The summed E-state index contributed by atoms with van der Waals surface area (Å²) in [5, 5.41) is 0. The van der Waals surface area contributed by atoms with E-state index in [0.717, 1.165) is 0 Å². The Morgan fingerprint density at radius 2 is 0.458 bits per heavy atom. The van der Waals surface area contributed by atoms with E-state index in [9.17, 15) is 0 Å². The summed E-state index contributed by atoms with van der Waals surface area (Å²) in [6.45, 7) is 0. The Morgan fingerprint density at radius 3 is 0.583 bits per heavy atom. The normalized spacial score (nSPS) is 42.4. The first-order chi connectivity index (χ1) is 11.9. The van der Waals surface area contributed by atoms with Crippen molar-refractivity contribution in [3.63, 3.8) is 0 Å². The molecule has 0 atom stereocenters. The predicted octanol–water partition coefficient (Wildman–Crippen LogP) is 6.16. The van der Waals surface area contributed by atoms with Crippen LogP contribution in [0.4, 0.5) is 0 Å². The molecule has 0 aromatic carbocycles. The molecule has 0 unspecified atom stereocenters. The van der Waals surface area contributed by atoms with Gasteiger partial charge in [0, 0.05) is 0 Å². The molecule has 7 fully saturated rings. The van der Waals surface area contributed by atoms with Crippen LogP contribution in [0.25, 0.3) is 0 Å². The first-order valence-electron chi connectivity index (χ1n) is 11.9. The van der Waals surface area contributed by atoms with Crippen molar-refractivity contribution in [3.05, 3.63) is 0 Å². The topological polar surface area (TPSA) is 0 Å². The predicted molar refractivity (Wildman–Crippen MR) is 97.3 cm³/mol. The Balaban J connectivity index is 1.21. The van der Waals surface area contributed by atoms with Crippen molar-refractivity contribution in [1.82, 2.24) is 0 Å². The third kappa shape index (κ3) is 2.37. The second kappa shape index (κ2) is 4.83. The summed E-state index contributed by atoms with van der Waals surface area (Å²) in [5.41, 5.74) is 0. The van der Waals surface area contributed by atoms with Crippen molar-refractivity contribution in [2.45, 2.75) is 77.0 Å². The fraction of sp³-hybridized carbons (Fsp3) is 1.00. The monoisotopic (exact) mass is 324 g/mol. The van der Waals surface area contributed by atoms with Gasteiger partial charge in [-0.1, -0.05) is 0 Å². The molecule has 0 aromatic heterocycles. The molecule has 0 heteroatoms. The fourth-order valence-corrected chi connectivity index (χ4v) is 7.85. The van der Waals surface area contributed by atoms with Crippen LogP contribution in [-0.4, -0.2) is 0 Å². The van der Waals surface area contributed by atoms with Crippen molar-refractivity contribution >= 4 is 0 Å². The summed E-state index contributed by atoms with van der Waals surface area (Å²) in [6, 6.07) is 0. The maximum atomic E-state index is 1.62. The van der Waals surface area contributed by atoms with Crippen molar-refractivity contribution in [2.75, 3.05) is 0 Å². The van der Waals surface area contributed by atoms with Gasteiger partial charge < -0.3 is 0 Å². The molecule has 0 nitrogen and oxygen atoms in total. The van der Waals surface area contributed by atoms with Crippen molar-refractivity contribution in [2.24, 2.45) is 71.0 Å². The first kappa shape index (κ1) is 14.1. The summed E-state index contributed by atoms with van der Waals surface area (Å²) in [6.07, 6.45) is 19.4. The van der Waals surface area contributed by atoms with E-state index in [2.05, 4.69) is 0 Å². The van der Waals surface area contributed by atoms with Crippen LogP contribution in [0.5, 0.6) is 0 Å². The van der Waals surface area contributed by atoms with Gasteiger partial charge in [0.25, 0.3) is 0 Å². The average Bonchev–Trinajstić information content (AvgIpc) is 3.35. The van der Waals surface area contributed by atoms with Gasteiger partial charge in [-0.05, 0) is 148 Å². The maximum absolute atomic E-state index is 1.62. The van der Waals surface area contributed by atoms with Crippen molar-refractivity contribution in [1.29, 1.82) is 0 Å². The fourth-order valence-electron chi connectivity index (χ4n) is 7.85. The average molecular weight is 325 g/mol. The second-order valence-corrected chi connectivity index (χ2v) is 11.5. The highest BCUT2D eigenvalue weighted by Crippen LogP contribution is 2.75. The summed E-state index contributed by atoms with van der Waals surface area (Å²) in [4.78, 5) is 0. The highest BCUT2D eigenvalue weighted by molar-refractivity contribution is 5.17. The van der Waals surface area contributed by atoms with Gasteiger partial charge in [-0.2, -0.15) is 0 Å². The Kier molecular flexibility index (Phi) is 2.84. The molecule has 0 N–H and O–H groups in total. The van der Waals surface area contributed by atoms with E-state index in [4.69, 9.17) is 0 Å². The second-order valence-electron chi connectivity index (χ2n) is 11.5. The van der Waals surface area contributed by atoms with Gasteiger partial charge in [0.15, 0.2) is 0 Å². The molecule has 0 bridgehead atoms. The zero-order chi connectivity index (χ0) is 15.4. The molecule has 132 valence electrons. The number of rotatable bonds is 9. The number of hydrogen-bond donors (Lipinski definition) is 0. The SMILES string of the molecule is C1CC1C(C1CC1)C1C(C(C2CC2)C2CC2)C1C(C1CC1)C1CC1. The standard InChI is InChI=1S/C24H36/c1-2-13(1)19(14-3-4-14)22-23(20(15-5-6-15)16-7-8-16)24(22)21(17-9-10-17)18-11-12-18/h13-24H,1-12H2. The van der Waals surface area contributed by atoms with Gasteiger partial charge >= 0.3 is 0 Å². The quantitative estimate of drug-likeness (QED) is 0.476. The Bertz CT molecular complexity index is 394. The van der Waals surface area contributed by atoms with Crippen LogP contribution in [0, 0.1) is 71.0 Å². The van der Waals surface area contributed by atoms with Crippen LogP contribution >= 0.6 is 0 Å². The van der Waals surface area contributed by atoms with Gasteiger partial charge in [0.2, 0.25) is 0 Å². The zero-order valence-corrected chi connectivity index (χ0v) is 15.4. The van der Waals surface area contributed by atoms with E-state index < -0.39 is 0 Å². The summed E-state index contributed by atoms with van der Waals surface area (Å²) in [7, 11) is 0. The van der Waals surface area contributed by atoms with E-state index in [0.29, 0.717) is 0 Å². The van der Waals surface area contributed by atoms with Crippen molar-refractivity contribution in [3.8, 4) is 0 Å². The highest BCUT2D eigenvalue weighted by atomic mass is 14.7. The lowest BCUT2D eigenvalue weighted by molar-refractivity contribution is 0.274. The van der Waals surface area contributed by atoms with Gasteiger partial charge in [0.05, 0.1) is 0 Å². The smallest absolute Gasteiger partial charge is 0.0312 e. The maximum Gasteiger partial charge on any atom is -0.0312 e. The minimum absolute atomic E-state index is 1.20. The minimum Gasteiger partial charge on any atom is -0.0499 e. The lowest BCUT2D eigenvalue weighted by atomic mass is 9.85. The highest BCUT2D eigenvalue weighted by Gasteiger charge is 2.69. The third-order valence-corrected chi connectivity index (χ3v) is 9.52. The molecule has 0 heterocycles. The summed E-state index contributed by atoms with van der Waals surface area (Å²) < 4.78 is 0. The van der Waals surface area contributed by atoms with Crippen LogP contribution in [0.15, 0.2) is 0 Å². The summed E-state index contributed by atoms with van der Waals surface area (Å²) >= 11 is 0. The van der Waals surface area contributed by atoms with Gasteiger partial charge in [-0.15, -0.1) is 0 Å². The Morgan fingerprint density at radius 1 is 0.292 bits per heavy atom. The van der Waals surface area contributed by atoms with E-state index in [1.54, 1.807) is 77.0 Å². The van der Waals surface area contributed by atoms with E-state index in [-0.39, 0.29) is 0 Å². The molecule has 7 saturated carbocycles. The lowest BCUT2D eigenvalue weighted by Crippen LogP contribution is -2.15. The van der Waals surface area contributed by atoms with Gasteiger partial charge in [0.1, 0.15) is 0 Å². The minimum atomic E-state index is 1.20. The summed E-state index contributed by atoms with van der Waals surface area (Å²) in [5.74, 6) is 14.6. The zero-order valence-electron chi connectivity index (χ0n) is 15.4. The number of hydrogen-bond acceptors (Lipinski definition) is 0. The largest absolute Gasteiger partial charge is 0.0499 e. The van der Waals surface area contributed by atoms with Crippen LogP contribution in [0.2, 0.25) is 0 Å². The Labute approximate surface area is 148 Å². The van der Waals surface area contributed by atoms with Crippen molar-refractivity contribution < 1.29 is 0 Å². The molecule has 24 heavy (non-hydrogen) atoms. The first-order valence-corrected chi connectivity index (χ1v) is 11.9. The van der Waals surface area contributed by atoms with Gasteiger partial charge in [-0.3, -0.25) is 0 Å². The lowest BCUT2D eigenvalue weighted by Gasteiger charge is -2.20. The van der Waals surface area contributed by atoms with E-state index in [1.807, 2.05) is 0 Å².